The zero-order chi connectivity index (χ0) is 75.6. The van der Waals surface area contributed by atoms with E-state index in [1.165, 1.54) is 105 Å². The molecule has 0 saturated heterocycles. The van der Waals surface area contributed by atoms with Gasteiger partial charge in [0.15, 0.2) is 0 Å². The Hall–Kier alpha value is -15.0. The molecular formula is C103H58B4N6O4. The van der Waals surface area contributed by atoms with Gasteiger partial charge in [-0.2, -0.15) is 0 Å². The molecule has 536 valence electrons. The molecule has 0 fully saturated rings. The lowest BCUT2D eigenvalue weighted by atomic mass is 9.27. The highest BCUT2D eigenvalue weighted by Gasteiger charge is 2.57. The van der Waals surface area contributed by atoms with E-state index in [0.29, 0.717) is 0 Å². The van der Waals surface area contributed by atoms with Crippen LogP contribution >= 0.6 is 0 Å². The van der Waals surface area contributed by atoms with E-state index < -0.39 is 0 Å². The van der Waals surface area contributed by atoms with Crippen LogP contribution in [0.25, 0.3) is 87.8 Å². The van der Waals surface area contributed by atoms with Crippen LogP contribution in [0, 0.1) is 6.92 Å². The van der Waals surface area contributed by atoms with Crippen LogP contribution in [0.2, 0.25) is 0 Å². The maximum Gasteiger partial charge on any atom is 0.252 e. The molecule has 17 aromatic carbocycles. The highest BCUT2D eigenvalue weighted by Crippen LogP contribution is 2.58. The fourth-order valence-corrected chi connectivity index (χ4v) is 23.0. The Morgan fingerprint density at radius 3 is 0.983 bits per heavy atom. The molecule has 8 aliphatic heterocycles. The van der Waals surface area contributed by atoms with Gasteiger partial charge in [-0.05, 0) is 200 Å². The van der Waals surface area contributed by atoms with Crippen LogP contribution < -0.4 is 95.0 Å². The largest absolute Gasteiger partial charge is 0.456 e. The van der Waals surface area contributed by atoms with Crippen molar-refractivity contribution in [3.8, 4) is 0 Å². The lowest BCUT2D eigenvalue weighted by Gasteiger charge is -2.52. The number of anilines is 18. The van der Waals surface area contributed by atoms with Crippen molar-refractivity contribution in [2.75, 3.05) is 29.4 Å². The van der Waals surface area contributed by atoms with Crippen LogP contribution in [-0.4, -0.2) is 26.9 Å². The molecule has 21 aromatic rings. The summed E-state index contributed by atoms with van der Waals surface area (Å²) >= 11 is 0. The molecule has 0 amide bonds. The van der Waals surface area contributed by atoms with Gasteiger partial charge < -0.3 is 47.1 Å². The third-order valence-electron chi connectivity index (χ3n) is 27.2. The Kier molecular flexibility index (Phi) is 11.5. The SMILES string of the molecule is Cc1cc2oc3ccccc3c2c2c1B1c3ccccc3N3c4ccccc4B4c5cc6c(cc5N(c5ccccc5)c5cc(c1c3c54)N2c1cccc2oc3ccccc3c12)N(c1ccccc1)c1cc2c3c4c1B6c1ccccc1N4c1ccccc1B3c1ccc3oc4ccccc4c3c1N2c1cccc2oc3ccccc3c12. The van der Waals surface area contributed by atoms with Crippen molar-refractivity contribution in [3.63, 3.8) is 0 Å². The summed E-state index contributed by atoms with van der Waals surface area (Å²) in [6.45, 7) is 1.42. The van der Waals surface area contributed by atoms with Crippen molar-refractivity contribution in [1.29, 1.82) is 0 Å². The van der Waals surface area contributed by atoms with E-state index in [1.807, 2.05) is 0 Å². The Bertz CT molecular complexity index is 8170. The second kappa shape index (κ2) is 21.8. The molecule has 14 heteroatoms. The molecule has 0 radical (unpaired) electrons. The van der Waals surface area contributed by atoms with Gasteiger partial charge in [0.25, 0.3) is 26.9 Å². The first-order valence-corrected chi connectivity index (χ1v) is 40.6. The van der Waals surface area contributed by atoms with Gasteiger partial charge in [-0.25, -0.2) is 0 Å². The Balaban J connectivity index is 0.763. The molecule has 29 rings (SSSR count). The van der Waals surface area contributed by atoms with Crippen LogP contribution in [0.5, 0.6) is 0 Å². The number of benzene rings is 17. The van der Waals surface area contributed by atoms with Crippen LogP contribution in [0.4, 0.5) is 102 Å². The lowest BCUT2D eigenvalue weighted by molar-refractivity contribution is 0.668. The third-order valence-corrected chi connectivity index (χ3v) is 27.2. The van der Waals surface area contributed by atoms with Crippen LogP contribution in [0.1, 0.15) is 5.56 Å². The van der Waals surface area contributed by atoms with Gasteiger partial charge >= 0.3 is 0 Å². The molecule has 0 spiro atoms. The predicted molar refractivity (Wildman–Crippen MR) is 487 cm³/mol. The van der Waals surface area contributed by atoms with Crippen molar-refractivity contribution in [2.45, 2.75) is 6.92 Å². The van der Waals surface area contributed by atoms with Gasteiger partial charge in [-0.1, -0.05) is 212 Å². The van der Waals surface area contributed by atoms with Gasteiger partial charge in [0.2, 0.25) is 0 Å². The van der Waals surface area contributed by atoms with E-state index in [-0.39, 0.29) is 26.9 Å². The monoisotopic (exact) mass is 1490 g/mol. The first-order chi connectivity index (χ1) is 58.0. The summed E-state index contributed by atoms with van der Waals surface area (Å²) < 4.78 is 28.0. The number of fused-ring (bicyclic) bond motifs is 34. The van der Waals surface area contributed by atoms with E-state index in [9.17, 15) is 0 Å². The van der Waals surface area contributed by atoms with Gasteiger partial charge in [-0.15, -0.1) is 0 Å². The zero-order valence-corrected chi connectivity index (χ0v) is 62.9. The molecular weight excluding hydrogens is 1430 g/mol. The van der Waals surface area contributed by atoms with Crippen LogP contribution in [-0.2, 0) is 0 Å². The number of nitrogens with zero attached hydrogens (tertiary/aromatic N) is 6. The summed E-state index contributed by atoms with van der Waals surface area (Å²) in [5.41, 5.74) is 43.1. The van der Waals surface area contributed by atoms with Gasteiger partial charge in [-0.3, -0.25) is 0 Å². The number of para-hydroxylation sites is 10. The van der Waals surface area contributed by atoms with Crippen molar-refractivity contribution < 1.29 is 17.7 Å². The van der Waals surface area contributed by atoms with Gasteiger partial charge in [0.1, 0.15) is 44.7 Å². The Labute approximate surface area is 671 Å². The van der Waals surface area contributed by atoms with Crippen molar-refractivity contribution in [2.24, 2.45) is 0 Å². The minimum absolute atomic E-state index is 0.198. The number of hydrogen-bond donors (Lipinski definition) is 0. The summed E-state index contributed by atoms with van der Waals surface area (Å²) in [7, 11) is 0. The fraction of sp³-hybridized carbons (Fsp3) is 0.00971. The maximum atomic E-state index is 7.10. The molecule has 8 aliphatic rings. The Morgan fingerprint density at radius 2 is 0.513 bits per heavy atom. The van der Waals surface area contributed by atoms with E-state index in [0.717, 1.165) is 156 Å². The van der Waals surface area contributed by atoms with Gasteiger partial charge in [0.05, 0.1) is 44.3 Å². The molecule has 0 atom stereocenters. The van der Waals surface area contributed by atoms with E-state index in [2.05, 4.69) is 370 Å². The normalized spacial score (nSPS) is 14.4. The average Bonchev–Trinajstić information content (AvgIpc) is 1.43. The summed E-state index contributed by atoms with van der Waals surface area (Å²) in [6.07, 6.45) is 0. The lowest BCUT2D eigenvalue weighted by Crippen LogP contribution is -2.70. The number of hydrogen-bond acceptors (Lipinski definition) is 10. The average molecular weight is 1490 g/mol. The third kappa shape index (κ3) is 7.55. The van der Waals surface area contributed by atoms with E-state index in [4.69, 9.17) is 17.7 Å². The summed E-state index contributed by atoms with van der Waals surface area (Å²) in [5, 5.41) is 8.52. The first-order valence-electron chi connectivity index (χ1n) is 40.6. The maximum absolute atomic E-state index is 7.10. The van der Waals surface area contributed by atoms with Gasteiger partial charge in [0, 0.05) is 101 Å². The van der Waals surface area contributed by atoms with Crippen LogP contribution in [0.3, 0.4) is 0 Å². The second-order valence-corrected chi connectivity index (χ2v) is 32.7. The standard InChI is InChI=1S/C103H58B4N6O4/c1-57-52-90-94(63-33-11-23-47-86(63)117-90)101-95(57)107-67-37-15-19-41-74(67)111-73-40-18-14-36-66(73)106-70-53-69-77(54-78(70)109(59-28-6-3-7-29-59)80-56-82(99(107)103(111)97(80)106)113(101)76-43-25-49-88-92(76)61-31-9-21-45-84(61)115-88)108(58-26-4-2-5-27-58)79-55-81-98-102-96(79)105(69)65-35-13-17-39-72(65)110(102)71-38-16-12-34-64(71)104(98)68-50-51-89-93(62-32-10-22-46-85(62)116-89)100(68)112(81)75-42-24-48-87-91(75)60-30-8-20-44-83(60)114-87/h2-56H,1H3. The molecule has 117 heavy (non-hydrogen) atoms. The molecule has 0 aliphatic carbocycles. The molecule has 10 nitrogen and oxygen atoms in total. The topological polar surface area (TPSA) is 72.0 Å². The molecule has 0 saturated carbocycles. The summed E-state index contributed by atoms with van der Waals surface area (Å²) in [6, 6.07) is 125. The quantitative estimate of drug-likeness (QED) is 0.159. The fourth-order valence-electron chi connectivity index (χ4n) is 23.0. The molecule has 4 aromatic heterocycles. The molecule has 0 N–H and O–H groups in total. The molecule has 0 bridgehead atoms. The highest BCUT2D eigenvalue weighted by atomic mass is 16.3. The number of furan rings is 4. The molecule has 12 heterocycles. The minimum atomic E-state index is -0.251. The summed E-state index contributed by atoms with van der Waals surface area (Å²) in [4.78, 5) is 15.9. The number of rotatable bonds is 4. The van der Waals surface area contributed by atoms with E-state index in [1.54, 1.807) is 0 Å². The predicted octanol–water partition coefficient (Wildman–Crippen LogP) is 19.0. The Morgan fingerprint density at radius 1 is 0.188 bits per heavy atom. The van der Waals surface area contributed by atoms with Crippen molar-refractivity contribution in [3.05, 3.63) is 339 Å². The number of aryl methyl sites for hydroxylation is 1. The second-order valence-electron chi connectivity index (χ2n) is 32.7. The summed E-state index contributed by atoms with van der Waals surface area (Å²) in [5.74, 6) is 0. The molecule has 0 unspecified atom stereocenters. The van der Waals surface area contributed by atoms with Crippen molar-refractivity contribution >= 4 is 283 Å². The highest BCUT2D eigenvalue weighted by molar-refractivity contribution is 7.07. The van der Waals surface area contributed by atoms with Crippen LogP contribution in [0.15, 0.2) is 351 Å². The smallest absolute Gasteiger partial charge is 0.252 e. The van der Waals surface area contributed by atoms with E-state index >= 15 is 0 Å². The van der Waals surface area contributed by atoms with Crippen molar-refractivity contribution in [1.82, 2.24) is 0 Å². The zero-order valence-electron chi connectivity index (χ0n) is 62.9. The minimum Gasteiger partial charge on any atom is -0.456 e. The first kappa shape index (κ1) is 61.6.